The second kappa shape index (κ2) is 8.23. The molecule has 0 aliphatic heterocycles. The van der Waals surface area contributed by atoms with Crippen molar-refractivity contribution in [2.45, 2.75) is 52.5 Å². The van der Waals surface area contributed by atoms with E-state index in [0.29, 0.717) is 11.5 Å². The van der Waals surface area contributed by atoms with Crippen LogP contribution in [0.15, 0.2) is 0 Å². The lowest BCUT2D eigenvalue weighted by Gasteiger charge is -2.43. The van der Waals surface area contributed by atoms with Crippen molar-refractivity contribution in [2.75, 3.05) is 40.4 Å². The molecule has 0 spiro atoms. The maximum atomic E-state index is 5.13. The van der Waals surface area contributed by atoms with Crippen LogP contribution in [0.4, 0.5) is 0 Å². The smallest absolute Gasteiger partial charge is 0.0587 e. The zero-order valence-corrected chi connectivity index (χ0v) is 13.7. The first kappa shape index (κ1) is 16.9. The molecular formula is C16H34N2O. The highest BCUT2D eigenvalue weighted by Gasteiger charge is 2.35. The summed E-state index contributed by atoms with van der Waals surface area (Å²) >= 11 is 0. The highest BCUT2D eigenvalue weighted by Crippen LogP contribution is 2.39. The van der Waals surface area contributed by atoms with Gasteiger partial charge in [0.05, 0.1) is 6.61 Å². The van der Waals surface area contributed by atoms with Crippen LogP contribution in [0.1, 0.15) is 46.5 Å². The van der Waals surface area contributed by atoms with E-state index in [0.717, 1.165) is 25.6 Å². The van der Waals surface area contributed by atoms with Gasteiger partial charge in [0.15, 0.2) is 0 Å². The predicted octanol–water partition coefficient (Wildman–Crippen LogP) is 2.76. The van der Waals surface area contributed by atoms with Crippen LogP contribution >= 0.6 is 0 Å². The van der Waals surface area contributed by atoms with E-state index in [4.69, 9.17) is 4.74 Å². The minimum absolute atomic E-state index is 0.471. The van der Waals surface area contributed by atoms with Crippen molar-refractivity contribution >= 4 is 0 Å². The van der Waals surface area contributed by atoms with E-state index in [9.17, 15) is 0 Å². The van der Waals surface area contributed by atoms with E-state index >= 15 is 0 Å². The van der Waals surface area contributed by atoms with E-state index in [2.05, 4.69) is 38.0 Å². The molecule has 3 nitrogen and oxygen atoms in total. The Morgan fingerprint density at radius 2 is 1.95 bits per heavy atom. The van der Waals surface area contributed by atoms with Gasteiger partial charge in [0.25, 0.3) is 0 Å². The second-order valence-electron chi connectivity index (χ2n) is 6.86. The molecule has 0 aromatic carbocycles. The fourth-order valence-electron chi connectivity index (χ4n) is 3.00. The molecule has 0 amide bonds. The number of methoxy groups -OCH3 is 1. The molecule has 0 radical (unpaired) electrons. The average Bonchev–Trinajstić information content (AvgIpc) is 2.38. The highest BCUT2D eigenvalue weighted by atomic mass is 16.5. The maximum Gasteiger partial charge on any atom is 0.0587 e. The first-order valence-corrected chi connectivity index (χ1v) is 7.89. The van der Waals surface area contributed by atoms with Crippen molar-refractivity contribution in [1.82, 2.24) is 10.2 Å². The van der Waals surface area contributed by atoms with Crippen LogP contribution in [0.25, 0.3) is 0 Å². The lowest BCUT2D eigenvalue weighted by atomic mass is 9.70. The zero-order chi connectivity index (χ0) is 14.3. The molecule has 1 aliphatic rings. The van der Waals surface area contributed by atoms with Gasteiger partial charge >= 0.3 is 0 Å². The normalized spacial score (nSPS) is 28.3. The van der Waals surface area contributed by atoms with Crippen LogP contribution in [-0.2, 0) is 4.74 Å². The lowest BCUT2D eigenvalue weighted by molar-refractivity contribution is 0.0831. The minimum atomic E-state index is 0.471. The molecule has 1 aliphatic carbocycles. The molecule has 0 atom stereocenters. The summed E-state index contributed by atoms with van der Waals surface area (Å²) in [6.45, 7) is 11.1. The van der Waals surface area contributed by atoms with Crippen molar-refractivity contribution in [3.63, 3.8) is 0 Å². The van der Waals surface area contributed by atoms with Gasteiger partial charge in [-0.3, -0.25) is 0 Å². The Bertz CT molecular complexity index is 235. The van der Waals surface area contributed by atoms with Gasteiger partial charge in [-0.25, -0.2) is 0 Å². The monoisotopic (exact) mass is 270 g/mol. The summed E-state index contributed by atoms with van der Waals surface area (Å²) in [5, 5.41) is 3.60. The van der Waals surface area contributed by atoms with Crippen LogP contribution in [0.2, 0.25) is 0 Å². The van der Waals surface area contributed by atoms with Crippen LogP contribution < -0.4 is 5.32 Å². The van der Waals surface area contributed by atoms with E-state index in [1.165, 1.54) is 32.2 Å². The van der Waals surface area contributed by atoms with Crippen LogP contribution in [0, 0.1) is 11.3 Å². The molecule has 1 rings (SSSR count). The minimum Gasteiger partial charge on any atom is -0.383 e. The molecule has 1 saturated carbocycles. The van der Waals surface area contributed by atoms with Crippen molar-refractivity contribution < 1.29 is 4.74 Å². The fourth-order valence-corrected chi connectivity index (χ4v) is 3.00. The zero-order valence-electron chi connectivity index (χ0n) is 13.7. The topological polar surface area (TPSA) is 24.5 Å². The summed E-state index contributed by atoms with van der Waals surface area (Å²) in [5.74, 6) is 0.913. The molecule has 0 aromatic heterocycles. The SMILES string of the molecule is COCCNCC1(CN(C)C(C)C)CCC(C)CC1. The fraction of sp³-hybridized carbons (Fsp3) is 1.00. The van der Waals surface area contributed by atoms with E-state index in [-0.39, 0.29) is 0 Å². The Morgan fingerprint density at radius 3 is 2.47 bits per heavy atom. The molecule has 0 bridgehead atoms. The summed E-state index contributed by atoms with van der Waals surface area (Å²) in [6.07, 6.45) is 5.51. The van der Waals surface area contributed by atoms with Crippen molar-refractivity contribution in [2.24, 2.45) is 11.3 Å². The maximum absolute atomic E-state index is 5.13. The standard InChI is InChI=1S/C16H34N2O/c1-14(2)18(4)13-16(12-17-10-11-19-5)8-6-15(3)7-9-16/h14-15,17H,6-13H2,1-5H3. The van der Waals surface area contributed by atoms with Gasteiger partial charge in [0, 0.05) is 32.8 Å². The largest absolute Gasteiger partial charge is 0.383 e. The van der Waals surface area contributed by atoms with Crippen molar-refractivity contribution in [1.29, 1.82) is 0 Å². The lowest BCUT2D eigenvalue weighted by Crippen LogP contribution is -2.47. The summed E-state index contributed by atoms with van der Waals surface area (Å²) in [7, 11) is 4.03. The molecule has 0 aromatic rings. The Labute approximate surface area is 120 Å². The van der Waals surface area contributed by atoms with Crippen LogP contribution in [0.3, 0.4) is 0 Å². The molecule has 1 N–H and O–H groups in total. The van der Waals surface area contributed by atoms with Crippen LogP contribution in [0.5, 0.6) is 0 Å². The number of ether oxygens (including phenoxy) is 1. The first-order valence-electron chi connectivity index (χ1n) is 7.89. The predicted molar refractivity (Wildman–Crippen MR) is 82.6 cm³/mol. The quantitative estimate of drug-likeness (QED) is 0.686. The second-order valence-corrected chi connectivity index (χ2v) is 6.86. The number of hydrogen-bond acceptors (Lipinski definition) is 3. The van der Waals surface area contributed by atoms with Gasteiger partial charge in [-0.2, -0.15) is 0 Å². The molecule has 19 heavy (non-hydrogen) atoms. The van der Waals surface area contributed by atoms with Gasteiger partial charge < -0.3 is 15.0 Å². The van der Waals surface area contributed by atoms with Crippen LogP contribution in [-0.4, -0.2) is 51.3 Å². The van der Waals surface area contributed by atoms with Gasteiger partial charge in [0.1, 0.15) is 0 Å². The molecule has 114 valence electrons. The van der Waals surface area contributed by atoms with Gasteiger partial charge in [0.2, 0.25) is 0 Å². The number of nitrogens with zero attached hydrogens (tertiary/aromatic N) is 1. The van der Waals surface area contributed by atoms with Gasteiger partial charge in [-0.15, -0.1) is 0 Å². The molecule has 0 unspecified atom stereocenters. The Hall–Kier alpha value is -0.120. The summed E-state index contributed by atoms with van der Waals surface area (Å²) < 4.78 is 5.13. The van der Waals surface area contributed by atoms with E-state index in [1.807, 2.05) is 0 Å². The summed E-state index contributed by atoms with van der Waals surface area (Å²) in [5.41, 5.74) is 0.471. The molecule has 1 fully saturated rings. The first-order chi connectivity index (χ1) is 8.99. The van der Waals surface area contributed by atoms with E-state index < -0.39 is 0 Å². The summed E-state index contributed by atoms with van der Waals surface area (Å²) in [4.78, 5) is 2.51. The average molecular weight is 270 g/mol. The van der Waals surface area contributed by atoms with Gasteiger partial charge in [-0.1, -0.05) is 19.8 Å². The highest BCUT2D eigenvalue weighted by molar-refractivity contribution is 4.89. The third kappa shape index (κ3) is 5.80. The molecule has 0 heterocycles. The van der Waals surface area contributed by atoms with E-state index in [1.54, 1.807) is 7.11 Å². The molecular weight excluding hydrogens is 236 g/mol. The number of rotatable bonds is 8. The number of nitrogens with one attached hydrogen (secondary N) is 1. The number of hydrogen-bond donors (Lipinski definition) is 1. The molecule has 0 saturated heterocycles. The van der Waals surface area contributed by atoms with Gasteiger partial charge in [-0.05, 0) is 45.1 Å². The Balaban J connectivity index is 2.52. The Morgan fingerprint density at radius 1 is 1.32 bits per heavy atom. The Kier molecular flexibility index (Phi) is 7.33. The van der Waals surface area contributed by atoms with Crippen molar-refractivity contribution in [3.8, 4) is 0 Å². The van der Waals surface area contributed by atoms with Crippen molar-refractivity contribution in [3.05, 3.63) is 0 Å². The molecule has 3 heteroatoms. The third-order valence-corrected chi connectivity index (χ3v) is 4.78. The summed E-state index contributed by atoms with van der Waals surface area (Å²) in [6, 6.07) is 0.634. The third-order valence-electron chi connectivity index (χ3n) is 4.78.